The van der Waals surface area contributed by atoms with Crippen molar-refractivity contribution in [2.45, 2.75) is 37.8 Å². The predicted molar refractivity (Wildman–Crippen MR) is 67.3 cm³/mol. The van der Waals surface area contributed by atoms with Gasteiger partial charge in [0.05, 0.1) is 0 Å². The molecule has 0 saturated carbocycles. The summed E-state index contributed by atoms with van der Waals surface area (Å²) in [5.41, 5.74) is 0.849. The lowest BCUT2D eigenvalue weighted by Crippen LogP contribution is -2.47. The lowest BCUT2D eigenvalue weighted by Gasteiger charge is -2.28. The molecule has 1 aliphatic heterocycles. The van der Waals surface area contributed by atoms with Crippen molar-refractivity contribution < 1.29 is 14.3 Å². The topological polar surface area (TPSA) is 49.3 Å². The van der Waals surface area contributed by atoms with E-state index < -0.39 is 12.0 Å². The highest BCUT2D eigenvalue weighted by Crippen LogP contribution is 2.22. The van der Waals surface area contributed by atoms with Crippen molar-refractivity contribution in [2.75, 3.05) is 0 Å². The molecular weight excluding hydrogens is 257 g/mol. The lowest BCUT2D eigenvalue weighted by atomic mass is 9.94. The first-order valence-electron chi connectivity index (χ1n) is 5.99. The first-order chi connectivity index (χ1) is 8.56. The lowest BCUT2D eigenvalue weighted by molar-refractivity contribution is -0.140. The molecule has 1 fully saturated rings. The zero-order valence-electron chi connectivity index (χ0n) is 9.83. The third-order valence-electron chi connectivity index (χ3n) is 3.26. The molecule has 0 bridgehead atoms. The Hall–Kier alpha value is -1.13. The highest BCUT2D eigenvalue weighted by molar-refractivity contribution is 6.31. The number of hydrogen-bond donors (Lipinski definition) is 2. The molecule has 18 heavy (non-hydrogen) atoms. The van der Waals surface area contributed by atoms with Crippen LogP contribution >= 0.6 is 11.6 Å². The van der Waals surface area contributed by atoms with Crippen LogP contribution in [0, 0.1) is 5.82 Å². The van der Waals surface area contributed by atoms with E-state index in [1.165, 1.54) is 12.1 Å². The fourth-order valence-electron chi connectivity index (χ4n) is 2.33. The number of benzene rings is 1. The van der Waals surface area contributed by atoms with Crippen LogP contribution in [0.4, 0.5) is 4.39 Å². The van der Waals surface area contributed by atoms with Crippen LogP contribution in [0.2, 0.25) is 5.02 Å². The second kappa shape index (κ2) is 5.67. The summed E-state index contributed by atoms with van der Waals surface area (Å²) in [6, 6.07) is 3.92. The van der Waals surface area contributed by atoms with E-state index in [1.54, 1.807) is 6.07 Å². The molecule has 0 amide bonds. The largest absolute Gasteiger partial charge is 0.480 e. The first kappa shape index (κ1) is 13.3. The van der Waals surface area contributed by atoms with Gasteiger partial charge in [0.1, 0.15) is 11.9 Å². The van der Waals surface area contributed by atoms with Gasteiger partial charge in [-0.2, -0.15) is 0 Å². The predicted octanol–water partition coefficient (Wildman–Crippen LogP) is 2.62. The quantitative estimate of drug-likeness (QED) is 0.888. The van der Waals surface area contributed by atoms with Gasteiger partial charge in [-0.25, -0.2) is 4.39 Å². The zero-order valence-corrected chi connectivity index (χ0v) is 10.6. The minimum absolute atomic E-state index is 0.0859. The Labute approximate surface area is 110 Å². The van der Waals surface area contributed by atoms with Crippen molar-refractivity contribution in [1.29, 1.82) is 0 Å². The molecule has 2 N–H and O–H groups in total. The van der Waals surface area contributed by atoms with E-state index in [4.69, 9.17) is 16.7 Å². The summed E-state index contributed by atoms with van der Waals surface area (Å²) in [6.45, 7) is 0. The molecule has 98 valence electrons. The Morgan fingerprint density at radius 2 is 2.28 bits per heavy atom. The molecule has 2 unspecified atom stereocenters. The van der Waals surface area contributed by atoms with Gasteiger partial charge < -0.3 is 10.4 Å². The van der Waals surface area contributed by atoms with Crippen molar-refractivity contribution in [3.63, 3.8) is 0 Å². The van der Waals surface area contributed by atoms with Gasteiger partial charge in [0, 0.05) is 11.1 Å². The molecule has 2 atom stereocenters. The molecule has 1 saturated heterocycles. The normalized spacial score (nSPS) is 23.9. The summed E-state index contributed by atoms with van der Waals surface area (Å²) in [6.07, 6.45) is 3.08. The summed E-state index contributed by atoms with van der Waals surface area (Å²) in [5, 5.41) is 12.5. The number of carboxylic acid groups (broad SMARTS) is 1. The Morgan fingerprint density at radius 3 is 2.94 bits per heavy atom. The number of hydrogen-bond acceptors (Lipinski definition) is 2. The number of aliphatic carboxylic acids is 1. The molecule has 0 aromatic heterocycles. The maximum Gasteiger partial charge on any atom is 0.320 e. The number of nitrogens with one attached hydrogen (secondary N) is 1. The van der Waals surface area contributed by atoms with Gasteiger partial charge in [-0.3, -0.25) is 4.79 Å². The van der Waals surface area contributed by atoms with E-state index in [2.05, 4.69) is 5.32 Å². The van der Waals surface area contributed by atoms with Gasteiger partial charge >= 0.3 is 5.97 Å². The van der Waals surface area contributed by atoms with E-state index in [9.17, 15) is 9.18 Å². The minimum Gasteiger partial charge on any atom is -0.480 e. The third-order valence-corrected chi connectivity index (χ3v) is 3.61. The highest BCUT2D eigenvalue weighted by atomic mass is 35.5. The summed E-state index contributed by atoms with van der Waals surface area (Å²) in [7, 11) is 0. The number of piperidine rings is 1. The van der Waals surface area contributed by atoms with Crippen molar-refractivity contribution in [2.24, 2.45) is 0 Å². The van der Waals surface area contributed by atoms with Crippen LogP contribution in [0.15, 0.2) is 18.2 Å². The fourth-order valence-corrected chi connectivity index (χ4v) is 2.57. The van der Waals surface area contributed by atoms with Crippen molar-refractivity contribution in [1.82, 2.24) is 5.32 Å². The zero-order chi connectivity index (χ0) is 13.1. The fraction of sp³-hybridized carbons (Fsp3) is 0.462. The molecule has 3 nitrogen and oxygen atoms in total. The molecule has 1 heterocycles. The Bertz CT molecular complexity index is 453. The van der Waals surface area contributed by atoms with Gasteiger partial charge in [-0.05, 0) is 43.4 Å². The Kier molecular flexibility index (Phi) is 4.19. The molecule has 0 spiro atoms. The van der Waals surface area contributed by atoms with Crippen molar-refractivity contribution >= 4 is 17.6 Å². The number of carboxylic acids is 1. The van der Waals surface area contributed by atoms with Crippen molar-refractivity contribution in [3.05, 3.63) is 34.6 Å². The monoisotopic (exact) mass is 271 g/mol. The Morgan fingerprint density at radius 1 is 1.50 bits per heavy atom. The molecule has 2 rings (SSSR count). The van der Waals surface area contributed by atoms with Crippen LogP contribution < -0.4 is 5.32 Å². The summed E-state index contributed by atoms with van der Waals surface area (Å²) >= 11 is 5.96. The second-order valence-corrected chi connectivity index (χ2v) is 5.03. The van der Waals surface area contributed by atoms with E-state index in [0.717, 1.165) is 18.4 Å². The SMILES string of the molecule is O=C(O)C1CCCC(Cc2ccc(F)cc2Cl)N1. The van der Waals surface area contributed by atoms with Crippen LogP contribution in [-0.2, 0) is 11.2 Å². The molecular formula is C13H15ClFNO2. The first-order valence-corrected chi connectivity index (χ1v) is 6.37. The van der Waals surface area contributed by atoms with Gasteiger partial charge in [0.25, 0.3) is 0 Å². The number of rotatable bonds is 3. The van der Waals surface area contributed by atoms with E-state index >= 15 is 0 Å². The maximum absolute atomic E-state index is 12.9. The Balaban J connectivity index is 2.02. The maximum atomic E-state index is 12.9. The number of halogens is 2. The third kappa shape index (κ3) is 3.21. The second-order valence-electron chi connectivity index (χ2n) is 4.63. The minimum atomic E-state index is -0.815. The van der Waals surface area contributed by atoms with E-state index in [1.807, 2.05) is 0 Å². The van der Waals surface area contributed by atoms with Gasteiger partial charge in [-0.15, -0.1) is 0 Å². The average molecular weight is 272 g/mol. The molecule has 1 aromatic carbocycles. The van der Waals surface area contributed by atoms with E-state index in [-0.39, 0.29) is 11.9 Å². The standard InChI is InChI=1S/C13H15ClFNO2/c14-11-7-9(15)5-4-8(11)6-10-2-1-3-12(16-10)13(17)18/h4-5,7,10,12,16H,1-3,6H2,(H,17,18). The molecule has 0 aliphatic carbocycles. The van der Waals surface area contributed by atoms with Gasteiger partial charge in [-0.1, -0.05) is 17.7 Å². The molecule has 0 radical (unpaired) electrons. The van der Waals surface area contributed by atoms with Crippen LogP contribution in [-0.4, -0.2) is 23.2 Å². The summed E-state index contributed by atoms with van der Waals surface area (Å²) in [5.74, 6) is -1.17. The molecule has 1 aliphatic rings. The van der Waals surface area contributed by atoms with E-state index in [0.29, 0.717) is 17.9 Å². The van der Waals surface area contributed by atoms with Gasteiger partial charge in [0.15, 0.2) is 0 Å². The van der Waals surface area contributed by atoms with Crippen LogP contribution in [0.25, 0.3) is 0 Å². The van der Waals surface area contributed by atoms with Gasteiger partial charge in [0.2, 0.25) is 0 Å². The van der Waals surface area contributed by atoms with Crippen molar-refractivity contribution in [3.8, 4) is 0 Å². The molecule has 1 aromatic rings. The van der Waals surface area contributed by atoms with Crippen LogP contribution in [0.3, 0.4) is 0 Å². The highest BCUT2D eigenvalue weighted by Gasteiger charge is 2.26. The summed E-state index contributed by atoms with van der Waals surface area (Å²) < 4.78 is 12.9. The number of carbonyl (C=O) groups is 1. The smallest absolute Gasteiger partial charge is 0.320 e. The summed E-state index contributed by atoms with van der Waals surface area (Å²) in [4.78, 5) is 10.9. The molecule has 5 heteroatoms. The van der Waals surface area contributed by atoms with Crippen LogP contribution in [0.5, 0.6) is 0 Å². The average Bonchev–Trinajstić information content (AvgIpc) is 2.33. The van der Waals surface area contributed by atoms with Crippen LogP contribution in [0.1, 0.15) is 24.8 Å².